The Hall–Kier alpha value is -3.02. The Bertz CT molecular complexity index is 829. The molecule has 0 unspecified atom stereocenters. The van der Waals surface area contributed by atoms with Gasteiger partial charge in [0, 0.05) is 19.4 Å². The van der Waals surface area contributed by atoms with Gasteiger partial charge in [0.05, 0.1) is 5.71 Å². The molecular weight excluding hydrogens is 333 g/mol. The monoisotopic (exact) mass is 353 g/mol. The van der Waals surface area contributed by atoms with E-state index in [0.717, 1.165) is 22.4 Å². The van der Waals surface area contributed by atoms with Crippen molar-refractivity contribution in [3.8, 4) is 0 Å². The summed E-state index contributed by atoms with van der Waals surface area (Å²) in [6, 6.07) is 13.8. The standard InChI is InChI=1S/C20H20FN3O2/c1-14-2-6-16(7-3-14)18-10-11-20(26)24(23-18)13-19(25)22-12-15-4-8-17(21)9-5-15/h2-9H,10-13H2,1H3,(H,22,25). The highest BCUT2D eigenvalue weighted by Crippen LogP contribution is 2.15. The van der Waals surface area contributed by atoms with Crippen LogP contribution >= 0.6 is 0 Å². The van der Waals surface area contributed by atoms with Crippen LogP contribution in [0.3, 0.4) is 0 Å². The van der Waals surface area contributed by atoms with Crippen molar-refractivity contribution in [3.05, 3.63) is 71.0 Å². The van der Waals surface area contributed by atoms with Gasteiger partial charge in [0.25, 0.3) is 0 Å². The minimum Gasteiger partial charge on any atom is -0.350 e. The summed E-state index contributed by atoms with van der Waals surface area (Å²) >= 11 is 0. The maximum Gasteiger partial charge on any atom is 0.243 e. The lowest BCUT2D eigenvalue weighted by molar-refractivity contribution is -0.136. The molecule has 2 amide bonds. The Morgan fingerprint density at radius 3 is 2.50 bits per heavy atom. The molecule has 0 atom stereocenters. The van der Waals surface area contributed by atoms with Gasteiger partial charge in [-0.1, -0.05) is 42.0 Å². The Morgan fingerprint density at radius 2 is 1.81 bits per heavy atom. The number of hydrogen-bond donors (Lipinski definition) is 1. The summed E-state index contributed by atoms with van der Waals surface area (Å²) in [5, 5.41) is 8.30. The number of hydrogen-bond acceptors (Lipinski definition) is 3. The zero-order chi connectivity index (χ0) is 18.5. The maximum atomic E-state index is 12.9. The molecule has 1 N–H and O–H groups in total. The predicted octanol–water partition coefficient (Wildman–Crippen LogP) is 2.78. The van der Waals surface area contributed by atoms with Gasteiger partial charge in [0.2, 0.25) is 11.8 Å². The topological polar surface area (TPSA) is 61.8 Å². The van der Waals surface area contributed by atoms with E-state index in [2.05, 4.69) is 10.4 Å². The zero-order valence-electron chi connectivity index (χ0n) is 14.5. The fourth-order valence-electron chi connectivity index (χ4n) is 2.67. The molecule has 2 aromatic rings. The van der Waals surface area contributed by atoms with Crippen LogP contribution in [-0.4, -0.2) is 29.1 Å². The number of rotatable bonds is 5. The molecule has 1 aliphatic heterocycles. The van der Waals surface area contributed by atoms with E-state index in [1.165, 1.54) is 17.1 Å². The summed E-state index contributed by atoms with van der Waals surface area (Å²) in [7, 11) is 0. The second-order valence-corrected chi connectivity index (χ2v) is 6.27. The van der Waals surface area contributed by atoms with Crippen LogP contribution < -0.4 is 5.32 Å². The predicted molar refractivity (Wildman–Crippen MR) is 96.9 cm³/mol. The second kappa shape index (κ2) is 7.91. The summed E-state index contributed by atoms with van der Waals surface area (Å²) < 4.78 is 12.9. The number of hydrazone groups is 1. The summed E-state index contributed by atoms with van der Waals surface area (Å²) in [6.45, 7) is 2.15. The SMILES string of the molecule is Cc1ccc(C2=NN(CC(=O)NCc3ccc(F)cc3)C(=O)CC2)cc1. The third-order valence-electron chi connectivity index (χ3n) is 4.19. The van der Waals surface area contributed by atoms with E-state index in [0.29, 0.717) is 12.8 Å². The van der Waals surface area contributed by atoms with Gasteiger partial charge in [-0.15, -0.1) is 0 Å². The normalized spacial score (nSPS) is 14.2. The highest BCUT2D eigenvalue weighted by molar-refractivity contribution is 6.04. The van der Waals surface area contributed by atoms with Crippen molar-refractivity contribution in [2.24, 2.45) is 5.10 Å². The fraction of sp³-hybridized carbons (Fsp3) is 0.250. The molecule has 0 spiro atoms. The first-order chi connectivity index (χ1) is 12.5. The minimum atomic E-state index is -0.322. The van der Waals surface area contributed by atoms with Crippen molar-refractivity contribution in [2.75, 3.05) is 6.54 Å². The van der Waals surface area contributed by atoms with E-state index in [9.17, 15) is 14.0 Å². The third kappa shape index (κ3) is 4.53. The van der Waals surface area contributed by atoms with Crippen molar-refractivity contribution in [1.82, 2.24) is 10.3 Å². The first kappa shape index (κ1) is 17.8. The number of benzene rings is 2. The lowest BCUT2D eigenvalue weighted by Gasteiger charge is -2.23. The molecule has 2 aromatic carbocycles. The highest BCUT2D eigenvalue weighted by Gasteiger charge is 2.23. The molecule has 0 saturated heterocycles. The molecular formula is C20H20FN3O2. The van der Waals surface area contributed by atoms with Crippen LogP contribution in [0, 0.1) is 12.7 Å². The summed E-state index contributed by atoms with van der Waals surface area (Å²) in [5.41, 5.74) is 3.70. The Labute approximate surface area is 151 Å². The van der Waals surface area contributed by atoms with Gasteiger partial charge in [-0.25, -0.2) is 9.40 Å². The molecule has 0 fully saturated rings. The Morgan fingerprint density at radius 1 is 1.12 bits per heavy atom. The van der Waals surface area contributed by atoms with Gasteiger partial charge in [0.15, 0.2) is 0 Å². The first-order valence-corrected chi connectivity index (χ1v) is 8.47. The first-order valence-electron chi connectivity index (χ1n) is 8.47. The molecule has 1 heterocycles. The lowest BCUT2D eigenvalue weighted by atomic mass is 10.0. The van der Waals surface area contributed by atoms with E-state index in [-0.39, 0.29) is 30.7 Å². The molecule has 0 aromatic heterocycles. The van der Waals surface area contributed by atoms with Crippen LogP contribution in [0.25, 0.3) is 0 Å². The van der Waals surface area contributed by atoms with Gasteiger partial charge < -0.3 is 5.32 Å². The average Bonchev–Trinajstić information content (AvgIpc) is 2.64. The van der Waals surface area contributed by atoms with Crippen molar-refractivity contribution in [2.45, 2.75) is 26.3 Å². The number of nitrogens with zero attached hydrogens (tertiary/aromatic N) is 2. The number of carbonyl (C=O) groups excluding carboxylic acids is 2. The number of nitrogens with one attached hydrogen (secondary N) is 1. The number of aryl methyl sites for hydroxylation is 1. The molecule has 0 saturated carbocycles. The number of halogens is 1. The molecule has 1 aliphatic rings. The Balaban J connectivity index is 1.62. The molecule has 3 rings (SSSR count). The van der Waals surface area contributed by atoms with Gasteiger partial charge in [-0.3, -0.25) is 9.59 Å². The molecule has 134 valence electrons. The van der Waals surface area contributed by atoms with Crippen molar-refractivity contribution in [1.29, 1.82) is 0 Å². The summed E-state index contributed by atoms with van der Waals surface area (Å²) in [5.74, 6) is -0.800. The minimum absolute atomic E-state index is 0.130. The van der Waals surface area contributed by atoms with E-state index >= 15 is 0 Å². The fourth-order valence-corrected chi connectivity index (χ4v) is 2.67. The van der Waals surface area contributed by atoms with Crippen molar-refractivity contribution >= 4 is 17.5 Å². The van der Waals surface area contributed by atoms with E-state index in [4.69, 9.17) is 0 Å². The smallest absolute Gasteiger partial charge is 0.243 e. The third-order valence-corrected chi connectivity index (χ3v) is 4.19. The number of carbonyl (C=O) groups is 2. The maximum absolute atomic E-state index is 12.9. The van der Waals surface area contributed by atoms with Crippen LogP contribution in [0.2, 0.25) is 0 Å². The molecule has 26 heavy (non-hydrogen) atoms. The molecule has 0 bridgehead atoms. The van der Waals surface area contributed by atoms with Gasteiger partial charge >= 0.3 is 0 Å². The highest BCUT2D eigenvalue weighted by atomic mass is 19.1. The molecule has 0 aliphatic carbocycles. The van der Waals surface area contributed by atoms with Crippen molar-refractivity contribution in [3.63, 3.8) is 0 Å². The average molecular weight is 353 g/mol. The summed E-state index contributed by atoms with van der Waals surface area (Å²) in [4.78, 5) is 24.2. The van der Waals surface area contributed by atoms with E-state index in [1.54, 1.807) is 12.1 Å². The molecule has 0 radical (unpaired) electrons. The largest absolute Gasteiger partial charge is 0.350 e. The quantitative estimate of drug-likeness (QED) is 0.898. The van der Waals surface area contributed by atoms with Crippen LogP contribution in [0.4, 0.5) is 4.39 Å². The Kier molecular flexibility index (Phi) is 5.41. The van der Waals surface area contributed by atoms with E-state index in [1.807, 2.05) is 31.2 Å². The van der Waals surface area contributed by atoms with Crippen LogP contribution in [0.15, 0.2) is 53.6 Å². The summed E-state index contributed by atoms with van der Waals surface area (Å²) in [6.07, 6.45) is 0.896. The van der Waals surface area contributed by atoms with Crippen LogP contribution in [0.1, 0.15) is 29.5 Å². The van der Waals surface area contributed by atoms with E-state index < -0.39 is 0 Å². The van der Waals surface area contributed by atoms with Gasteiger partial charge in [0.1, 0.15) is 12.4 Å². The van der Waals surface area contributed by atoms with Crippen molar-refractivity contribution < 1.29 is 14.0 Å². The van der Waals surface area contributed by atoms with Gasteiger partial charge in [-0.05, 0) is 30.2 Å². The lowest BCUT2D eigenvalue weighted by Crippen LogP contribution is -2.40. The zero-order valence-corrected chi connectivity index (χ0v) is 14.5. The second-order valence-electron chi connectivity index (χ2n) is 6.27. The van der Waals surface area contributed by atoms with Crippen LogP contribution in [0.5, 0.6) is 0 Å². The van der Waals surface area contributed by atoms with Crippen LogP contribution in [-0.2, 0) is 16.1 Å². The van der Waals surface area contributed by atoms with Gasteiger partial charge in [-0.2, -0.15) is 5.10 Å². The number of amides is 2. The molecule has 5 nitrogen and oxygen atoms in total. The molecule has 6 heteroatoms.